The van der Waals surface area contributed by atoms with Crippen LogP contribution >= 0.6 is 0 Å². The first-order valence-electron chi connectivity index (χ1n) is 7.24. The van der Waals surface area contributed by atoms with Gasteiger partial charge in [0.05, 0.1) is 6.61 Å². The number of ether oxygens (including phenoxy) is 1. The molecular weight excluding hydrogens is 248 g/mol. The van der Waals surface area contributed by atoms with Gasteiger partial charge >= 0.3 is 0 Å². The Hall–Kier alpha value is -1.87. The lowest BCUT2D eigenvalue weighted by molar-refractivity contribution is 0.356. The van der Waals surface area contributed by atoms with E-state index in [-0.39, 0.29) is 0 Å². The molecule has 1 unspecified atom stereocenters. The zero-order chi connectivity index (χ0) is 13.8. The van der Waals surface area contributed by atoms with Crippen molar-refractivity contribution in [1.29, 1.82) is 0 Å². The van der Waals surface area contributed by atoms with Gasteiger partial charge in [0.25, 0.3) is 0 Å². The molecule has 3 heteroatoms. The normalized spacial score (nSPS) is 14.7. The molecule has 1 atom stereocenters. The van der Waals surface area contributed by atoms with E-state index in [0.717, 1.165) is 31.7 Å². The SMILES string of the molecule is CCNC(Cc1ccncc1)c1ccc2c(c1)CCO2. The number of nitrogens with zero attached hydrogens (tertiary/aromatic N) is 1. The van der Waals surface area contributed by atoms with E-state index in [1.54, 1.807) is 0 Å². The molecule has 0 spiro atoms. The lowest BCUT2D eigenvalue weighted by atomic mass is 9.97. The van der Waals surface area contributed by atoms with Crippen LogP contribution in [0.3, 0.4) is 0 Å². The van der Waals surface area contributed by atoms with Crippen LogP contribution in [0, 0.1) is 0 Å². The van der Waals surface area contributed by atoms with Crippen LogP contribution in [0.15, 0.2) is 42.7 Å². The number of hydrogen-bond donors (Lipinski definition) is 1. The Balaban J connectivity index is 1.83. The third kappa shape index (κ3) is 2.83. The van der Waals surface area contributed by atoms with Crippen molar-refractivity contribution in [2.75, 3.05) is 13.2 Å². The van der Waals surface area contributed by atoms with Crippen molar-refractivity contribution >= 4 is 0 Å². The van der Waals surface area contributed by atoms with Gasteiger partial charge in [0.1, 0.15) is 5.75 Å². The summed E-state index contributed by atoms with van der Waals surface area (Å²) in [7, 11) is 0. The quantitative estimate of drug-likeness (QED) is 0.905. The predicted octanol–water partition coefficient (Wildman–Crippen LogP) is 2.91. The van der Waals surface area contributed by atoms with Gasteiger partial charge in [-0.15, -0.1) is 0 Å². The second-order valence-corrected chi connectivity index (χ2v) is 5.14. The van der Waals surface area contributed by atoms with Crippen molar-refractivity contribution < 1.29 is 4.74 Å². The minimum absolute atomic E-state index is 0.341. The Morgan fingerprint density at radius 1 is 1.25 bits per heavy atom. The molecule has 20 heavy (non-hydrogen) atoms. The molecule has 0 fully saturated rings. The average molecular weight is 268 g/mol. The van der Waals surface area contributed by atoms with E-state index in [9.17, 15) is 0 Å². The summed E-state index contributed by atoms with van der Waals surface area (Å²) in [6, 6.07) is 11.1. The van der Waals surface area contributed by atoms with Crippen LogP contribution in [0.25, 0.3) is 0 Å². The van der Waals surface area contributed by atoms with Gasteiger partial charge in [-0.1, -0.05) is 19.1 Å². The molecule has 1 aromatic carbocycles. The maximum Gasteiger partial charge on any atom is 0.122 e. The second kappa shape index (κ2) is 6.06. The lowest BCUT2D eigenvalue weighted by Gasteiger charge is -2.19. The lowest BCUT2D eigenvalue weighted by Crippen LogP contribution is -2.23. The highest BCUT2D eigenvalue weighted by atomic mass is 16.5. The average Bonchev–Trinajstić information content (AvgIpc) is 2.95. The van der Waals surface area contributed by atoms with E-state index in [2.05, 4.69) is 47.6 Å². The zero-order valence-corrected chi connectivity index (χ0v) is 11.8. The summed E-state index contributed by atoms with van der Waals surface area (Å²) in [5, 5.41) is 3.58. The van der Waals surface area contributed by atoms with E-state index >= 15 is 0 Å². The van der Waals surface area contributed by atoms with E-state index in [1.165, 1.54) is 16.7 Å². The molecule has 1 aromatic heterocycles. The Morgan fingerprint density at radius 2 is 2.10 bits per heavy atom. The Labute approximate surface area is 120 Å². The summed E-state index contributed by atoms with van der Waals surface area (Å²) >= 11 is 0. The van der Waals surface area contributed by atoms with Gasteiger partial charge in [-0.3, -0.25) is 4.98 Å². The molecule has 3 nitrogen and oxygen atoms in total. The van der Waals surface area contributed by atoms with E-state index in [4.69, 9.17) is 4.74 Å². The number of aromatic nitrogens is 1. The minimum atomic E-state index is 0.341. The summed E-state index contributed by atoms with van der Waals surface area (Å²) in [5.41, 5.74) is 3.98. The highest BCUT2D eigenvalue weighted by Crippen LogP contribution is 2.29. The smallest absolute Gasteiger partial charge is 0.122 e. The number of likely N-dealkylation sites (N-methyl/N-ethyl adjacent to an activating group) is 1. The third-order valence-electron chi connectivity index (χ3n) is 3.76. The minimum Gasteiger partial charge on any atom is -0.493 e. The van der Waals surface area contributed by atoms with Gasteiger partial charge in [0, 0.05) is 24.9 Å². The molecule has 0 radical (unpaired) electrons. The molecule has 1 aliphatic heterocycles. The largest absolute Gasteiger partial charge is 0.493 e. The van der Waals surface area contributed by atoms with E-state index in [0.29, 0.717) is 6.04 Å². The van der Waals surface area contributed by atoms with E-state index in [1.807, 2.05) is 12.4 Å². The fourth-order valence-corrected chi connectivity index (χ4v) is 2.73. The molecule has 0 aliphatic carbocycles. The van der Waals surface area contributed by atoms with Crippen LogP contribution in [0.5, 0.6) is 5.75 Å². The van der Waals surface area contributed by atoms with Gasteiger partial charge in [-0.25, -0.2) is 0 Å². The third-order valence-corrected chi connectivity index (χ3v) is 3.76. The van der Waals surface area contributed by atoms with Crippen molar-refractivity contribution in [2.45, 2.75) is 25.8 Å². The van der Waals surface area contributed by atoms with Crippen molar-refractivity contribution in [1.82, 2.24) is 10.3 Å². The number of fused-ring (bicyclic) bond motifs is 1. The van der Waals surface area contributed by atoms with Crippen LogP contribution in [0.2, 0.25) is 0 Å². The molecule has 1 aliphatic rings. The van der Waals surface area contributed by atoms with Crippen molar-refractivity contribution in [3.8, 4) is 5.75 Å². The van der Waals surface area contributed by atoms with Crippen molar-refractivity contribution in [2.24, 2.45) is 0 Å². The van der Waals surface area contributed by atoms with Crippen LogP contribution in [-0.4, -0.2) is 18.1 Å². The van der Waals surface area contributed by atoms with Gasteiger partial charge in [-0.2, -0.15) is 0 Å². The number of hydrogen-bond acceptors (Lipinski definition) is 3. The number of pyridine rings is 1. The maximum absolute atomic E-state index is 5.58. The fraction of sp³-hybridized carbons (Fsp3) is 0.353. The summed E-state index contributed by atoms with van der Waals surface area (Å²) in [6.07, 6.45) is 5.72. The van der Waals surface area contributed by atoms with Gasteiger partial charge in [-0.05, 0) is 47.9 Å². The van der Waals surface area contributed by atoms with Crippen LogP contribution in [0.4, 0.5) is 0 Å². The Morgan fingerprint density at radius 3 is 2.90 bits per heavy atom. The summed E-state index contributed by atoms with van der Waals surface area (Å²) in [5.74, 6) is 1.05. The van der Waals surface area contributed by atoms with Crippen LogP contribution < -0.4 is 10.1 Å². The van der Waals surface area contributed by atoms with Gasteiger partial charge in [0.2, 0.25) is 0 Å². The van der Waals surface area contributed by atoms with Crippen LogP contribution in [0.1, 0.15) is 29.7 Å². The molecule has 0 bridgehead atoms. The van der Waals surface area contributed by atoms with Crippen LogP contribution in [-0.2, 0) is 12.8 Å². The topological polar surface area (TPSA) is 34.2 Å². The van der Waals surface area contributed by atoms with E-state index < -0.39 is 0 Å². The molecular formula is C17H20N2O. The Kier molecular flexibility index (Phi) is 3.97. The number of benzene rings is 1. The predicted molar refractivity (Wildman–Crippen MR) is 80.0 cm³/mol. The summed E-state index contributed by atoms with van der Waals surface area (Å²) in [6.45, 7) is 3.92. The fourth-order valence-electron chi connectivity index (χ4n) is 2.73. The molecule has 2 heterocycles. The monoisotopic (exact) mass is 268 g/mol. The first-order chi connectivity index (χ1) is 9.86. The number of nitrogens with one attached hydrogen (secondary N) is 1. The van der Waals surface area contributed by atoms with Gasteiger partial charge in [0.15, 0.2) is 0 Å². The second-order valence-electron chi connectivity index (χ2n) is 5.14. The highest BCUT2D eigenvalue weighted by molar-refractivity contribution is 5.41. The first kappa shape index (κ1) is 13.1. The Bertz CT molecular complexity index is 568. The van der Waals surface area contributed by atoms with Crippen molar-refractivity contribution in [3.05, 3.63) is 59.4 Å². The molecule has 0 saturated carbocycles. The molecule has 1 N–H and O–H groups in total. The molecule has 0 saturated heterocycles. The highest BCUT2D eigenvalue weighted by Gasteiger charge is 2.16. The maximum atomic E-state index is 5.58. The number of rotatable bonds is 5. The summed E-state index contributed by atoms with van der Waals surface area (Å²) < 4.78 is 5.58. The summed E-state index contributed by atoms with van der Waals surface area (Å²) in [4.78, 5) is 4.08. The van der Waals surface area contributed by atoms with Crippen molar-refractivity contribution in [3.63, 3.8) is 0 Å². The zero-order valence-electron chi connectivity index (χ0n) is 11.8. The molecule has 104 valence electrons. The molecule has 0 amide bonds. The van der Waals surface area contributed by atoms with Gasteiger partial charge < -0.3 is 10.1 Å². The first-order valence-corrected chi connectivity index (χ1v) is 7.24. The molecule has 2 aromatic rings. The molecule has 3 rings (SSSR count). The standard InChI is InChI=1S/C17H20N2O/c1-2-19-16(11-13-5-8-18-9-6-13)14-3-4-17-15(12-14)7-10-20-17/h3-6,8-9,12,16,19H,2,7,10-11H2,1H3.